The van der Waals surface area contributed by atoms with E-state index in [1.54, 1.807) is 0 Å². The van der Waals surface area contributed by atoms with Gasteiger partial charge in [-0.25, -0.2) is 0 Å². The fourth-order valence-corrected chi connectivity index (χ4v) is 1.20. The zero-order chi connectivity index (χ0) is 7.40. The molecule has 1 saturated heterocycles. The quantitative estimate of drug-likeness (QED) is 0.578. The summed E-state index contributed by atoms with van der Waals surface area (Å²) in [5, 5.41) is 8.68. The summed E-state index contributed by atoms with van der Waals surface area (Å²) in [4.78, 5) is 2.32. The minimum absolute atomic E-state index is 0.354. The van der Waals surface area contributed by atoms with Crippen molar-refractivity contribution in [1.29, 1.82) is 0 Å². The summed E-state index contributed by atoms with van der Waals surface area (Å²) in [6.45, 7) is 5.57. The summed E-state index contributed by atoms with van der Waals surface area (Å²) in [6, 6.07) is 0. The normalized spacial score (nSPS) is 21.8. The van der Waals surface area contributed by atoms with Crippen LogP contribution in [-0.2, 0) is 0 Å². The van der Waals surface area contributed by atoms with Crippen LogP contribution in [0.3, 0.4) is 0 Å². The van der Waals surface area contributed by atoms with E-state index in [4.69, 9.17) is 5.11 Å². The Bertz CT molecular complexity index is 116. The van der Waals surface area contributed by atoms with E-state index in [-0.39, 0.29) is 0 Å². The van der Waals surface area contributed by atoms with Crippen molar-refractivity contribution in [2.45, 2.75) is 6.92 Å². The highest BCUT2D eigenvalue weighted by molar-refractivity contribution is 4.87. The summed E-state index contributed by atoms with van der Waals surface area (Å²) in [7, 11) is 0. The first-order chi connectivity index (χ1) is 4.86. The summed E-state index contributed by atoms with van der Waals surface area (Å²) in [5.74, 6) is 0.547. The molecule has 0 aromatic rings. The molecule has 1 aliphatic rings. The highest BCUT2D eigenvalue weighted by Crippen LogP contribution is 2.13. The molecular weight excluding hydrogens is 126 g/mol. The molecule has 0 atom stereocenters. The minimum Gasteiger partial charge on any atom is -0.396 e. The molecule has 1 N–H and O–H groups in total. The van der Waals surface area contributed by atoms with E-state index in [1.807, 2.05) is 6.92 Å². The maximum Gasteiger partial charge on any atom is 0.0483 e. The number of aliphatic hydroxyl groups excluding tert-OH is 1. The van der Waals surface area contributed by atoms with E-state index in [1.165, 1.54) is 0 Å². The van der Waals surface area contributed by atoms with Crippen molar-refractivity contribution in [3.05, 3.63) is 12.2 Å². The zero-order valence-corrected chi connectivity index (χ0v) is 6.45. The van der Waals surface area contributed by atoms with Gasteiger partial charge in [0.05, 0.1) is 0 Å². The number of hydrogen-bond acceptors (Lipinski definition) is 2. The van der Waals surface area contributed by atoms with Gasteiger partial charge in [-0.05, 0) is 6.92 Å². The first-order valence-electron chi connectivity index (χ1n) is 3.81. The first kappa shape index (κ1) is 7.76. The van der Waals surface area contributed by atoms with Crippen LogP contribution in [-0.4, -0.2) is 36.2 Å². The topological polar surface area (TPSA) is 23.5 Å². The molecule has 1 rings (SSSR count). The number of rotatable bonds is 3. The lowest BCUT2D eigenvalue weighted by atomic mass is 10.0. The van der Waals surface area contributed by atoms with Crippen LogP contribution in [0.1, 0.15) is 6.92 Å². The SMILES string of the molecule is C/C=C/CN1CC(CO)C1. The van der Waals surface area contributed by atoms with Crippen molar-refractivity contribution >= 4 is 0 Å². The lowest BCUT2D eigenvalue weighted by Crippen LogP contribution is -2.48. The van der Waals surface area contributed by atoms with Crippen molar-refractivity contribution in [3.63, 3.8) is 0 Å². The molecule has 0 aromatic heterocycles. The van der Waals surface area contributed by atoms with Gasteiger partial charge in [-0.15, -0.1) is 0 Å². The van der Waals surface area contributed by atoms with E-state index >= 15 is 0 Å². The second kappa shape index (κ2) is 3.74. The van der Waals surface area contributed by atoms with E-state index in [9.17, 15) is 0 Å². The number of nitrogens with zero attached hydrogens (tertiary/aromatic N) is 1. The third kappa shape index (κ3) is 1.82. The maximum absolute atomic E-state index is 8.68. The van der Waals surface area contributed by atoms with Crippen LogP contribution in [0.25, 0.3) is 0 Å². The molecule has 1 fully saturated rings. The Morgan fingerprint density at radius 3 is 2.80 bits per heavy atom. The van der Waals surface area contributed by atoms with E-state index in [2.05, 4.69) is 17.1 Å². The Labute approximate surface area is 62.2 Å². The van der Waals surface area contributed by atoms with Crippen LogP contribution >= 0.6 is 0 Å². The van der Waals surface area contributed by atoms with Gasteiger partial charge in [0, 0.05) is 32.2 Å². The van der Waals surface area contributed by atoms with Crippen molar-refractivity contribution < 1.29 is 5.11 Å². The van der Waals surface area contributed by atoms with Crippen LogP contribution in [0.5, 0.6) is 0 Å². The molecule has 58 valence electrons. The molecule has 1 aliphatic heterocycles. The molecule has 0 bridgehead atoms. The molecule has 2 nitrogen and oxygen atoms in total. The van der Waals surface area contributed by atoms with Crippen LogP contribution in [0.2, 0.25) is 0 Å². The van der Waals surface area contributed by atoms with Crippen LogP contribution in [0, 0.1) is 5.92 Å². The van der Waals surface area contributed by atoms with Crippen LogP contribution in [0.4, 0.5) is 0 Å². The zero-order valence-electron chi connectivity index (χ0n) is 6.45. The molecule has 0 spiro atoms. The molecular formula is C8H15NO. The molecule has 0 unspecified atom stereocenters. The number of aliphatic hydroxyl groups is 1. The van der Waals surface area contributed by atoms with Gasteiger partial charge in [0.25, 0.3) is 0 Å². The second-order valence-corrected chi connectivity index (χ2v) is 2.84. The first-order valence-corrected chi connectivity index (χ1v) is 3.81. The Hall–Kier alpha value is -0.340. The fraction of sp³-hybridized carbons (Fsp3) is 0.750. The van der Waals surface area contributed by atoms with Gasteiger partial charge >= 0.3 is 0 Å². The lowest BCUT2D eigenvalue weighted by molar-refractivity contribution is 0.0638. The van der Waals surface area contributed by atoms with Gasteiger partial charge in [0.2, 0.25) is 0 Å². The molecule has 0 amide bonds. The number of allylic oxidation sites excluding steroid dienone is 1. The Morgan fingerprint density at radius 2 is 2.30 bits per heavy atom. The maximum atomic E-state index is 8.68. The summed E-state index contributed by atoms with van der Waals surface area (Å²) in [5.41, 5.74) is 0. The number of hydrogen-bond donors (Lipinski definition) is 1. The van der Waals surface area contributed by atoms with Crippen LogP contribution < -0.4 is 0 Å². The van der Waals surface area contributed by atoms with Crippen molar-refractivity contribution in [2.75, 3.05) is 26.2 Å². The van der Waals surface area contributed by atoms with Gasteiger partial charge < -0.3 is 5.11 Å². The second-order valence-electron chi connectivity index (χ2n) is 2.84. The highest BCUT2D eigenvalue weighted by atomic mass is 16.3. The third-order valence-electron chi connectivity index (χ3n) is 1.89. The Morgan fingerprint density at radius 1 is 1.60 bits per heavy atom. The predicted molar refractivity (Wildman–Crippen MR) is 41.8 cm³/mol. The van der Waals surface area contributed by atoms with Crippen LogP contribution in [0.15, 0.2) is 12.2 Å². The molecule has 0 aromatic carbocycles. The van der Waals surface area contributed by atoms with Gasteiger partial charge in [-0.1, -0.05) is 12.2 Å². The van der Waals surface area contributed by atoms with Gasteiger partial charge in [-0.2, -0.15) is 0 Å². The van der Waals surface area contributed by atoms with E-state index in [0.717, 1.165) is 19.6 Å². The smallest absolute Gasteiger partial charge is 0.0483 e. The monoisotopic (exact) mass is 141 g/mol. The largest absolute Gasteiger partial charge is 0.396 e. The van der Waals surface area contributed by atoms with E-state index < -0.39 is 0 Å². The third-order valence-corrected chi connectivity index (χ3v) is 1.89. The van der Waals surface area contributed by atoms with Crippen molar-refractivity contribution in [2.24, 2.45) is 5.92 Å². The molecule has 0 radical (unpaired) electrons. The average Bonchev–Trinajstić information content (AvgIpc) is 1.86. The molecule has 1 heterocycles. The Balaban J connectivity index is 2.03. The average molecular weight is 141 g/mol. The summed E-state index contributed by atoms with van der Waals surface area (Å²) in [6.07, 6.45) is 4.21. The molecule has 2 heteroatoms. The number of likely N-dealkylation sites (tertiary alicyclic amines) is 1. The van der Waals surface area contributed by atoms with Crippen molar-refractivity contribution in [1.82, 2.24) is 4.90 Å². The molecule has 0 saturated carbocycles. The molecule has 10 heavy (non-hydrogen) atoms. The highest BCUT2D eigenvalue weighted by Gasteiger charge is 2.23. The van der Waals surface area contributed by atoms with Crippen molar-refractivity contribution in [3.8, 4) is 0 Å². The lowest BCUT2D eigenvalue weighted by Gasteiger charge is -2.37. The standard InChI is InChI=1S/C8H15NO/c1-2-3-4-9-5-8(6-9)7-10/h2-3,8,10H,4-7H2,1H3/b3-2+. The van der Waals surface area contributed by atoms with E-state index in [0.29, 0.717) is 12.5 Å². The van der Waals surface area contributed by atoms with Gasteiger partial charge in [-0.3, -0.25) is 4.90 Å². The van der Waals surface area contributed by atoms with Gasteiger partial charge in [0.15, 0.2) is 0 Å². The fourth-order valence-electron chi connectivity index (χ4n) is 1.20. The molecule has 0 aliphatic carbocycles. The minimum atomic E-state index is 0.354. The predicted octanol–water partition coefficient (Wildman–Crippen LogP) is 0.487. The Kier molecular flexibility index (Phi) is 2.90. The summed E-state index contributed by atoms with van der Waals surface area (Å²) >= 11 is 0. The van der Waals surface area contributed by atoms with Gasteiger partial charge in [0.1, 0.15) is 0 Å². The summed E-state index contributed by atoms with van der Waals surface area (Å²) < 4.78 is 0.